The van der Waals surface area contributed by atoms with E-state index in [0.717, 1.165) is 25.0 Å². The van der Waals surface area contributed by atoms with E-state index in [1.807, 2.05) is 0 Å². The summed E-state index contributed by atoms with van der Waals surface area (Å²) in [5, 5.41) is 0. The normalized spacial score (nSPS) is 24.3. The predicted octanol–water partition coefficient (Wildman–Crippen LogP) is 1.38. The molecular weight excluding hydrogens is 316 g/mol. The van der Waals surface area contributed by atoms with Gasteiger partial charge in [0.1, 0.15) is 17.2 Å². The molecule has 1 saturated carbocycles. The highest BCUT2D eigenvalue weighted by Crippen LogP contribution is 2.26. The van der Waals surface area contributed by atoms with Crippen molar-refractivity contribution in [1.82, 2.24) is 9.80 Å². The van der Waals surface area contributed by atoms with Crippen LogP contribution in [-0.4, -0.2) is 53.8 Å². The molecule has 1 saturated heterocycles. The Balaban J connectivity index is 1.61. The van der Waals surface area contributed by atoms with Crippen molar-refractivity contribution in [2.24, 2.45) is 11.7 Å². The highest BCUT2D eigenvalue weighted by atomic mass is 19.1. The first kappa shape index (κ1) is 16.8. The zero-order valence-electron chi connectivity index (χ0n) is 13.4. The summed E-state index contributed by atoms with van der Waals surface area (Å²) in [5.41, 5.74) is 5.32. The monoisotopic (exact) mass is 337 g/mol. The van der Waals surface area contributed by atoms with E-state index in [4.69, 9.17) is 5.73 Å². The van der Waals surface area contributed by atoms with Gasteiger partial charge in [0.25, 0.3) is 5.91 Å². The first-order valence-electron chi connectivity index (χ1n) is 8.25. The van der Waals surface area contributed by atoms with Gasteiger partial charge in [-0.3, -0.25) is 9.59 Å². The van der Waals surface area contributed by atoms with E-state index < -0.39 is 23.1 Å². The summed E-state index contributed by atoms with van der Waals surface area (Å²) in [6.07, 6.45) is 2.37. The minimum Gasteiger partial charge on any atom is -0.339 e. The average molecular weight is 337 g/mol. The number of carbonyl (C=O) groups excluding carboxylic acids is 2. The molecule has 1 aliphatic heterocycles. The molecule has 24 heavy (non-hydrogen) atoms. The molecule has 5 nitrogen and oxygen atoms in total. The third-order valence-electron chi connectivity index (χ3n) is 4.88. The fourth-order valence-corrected chi connectivity index (χ4v) is 3.49. The summed E-state index contributed by atoms with van der Waals surface area (Å²) in [5.74, 6) is -2.35. The van der Waals surface area contributed by atoms with Gasteiger partial charge in [-0.1, -0.05) is 6.07 Å². The van der Waals surface area contributed by atoms with Crippen molar-refractivity contribution >= 4 is 11.8 Å². The quantitative estimate of drug-likeness (QED) is 0.886. The van der Waals surface area contributed by atoms with Gasteiger partial charge in [-0.05, 0) is 31.4 Å². The SMILES string of the molecule is NC1CCC(C(=O)N2CCN(C(=O)c3c(F)cccc3F)CC2)C1. The molecule has 0 radical (unpaired) electrons. The molecule has 2 amide bonds. The Morgan fingerprint density at radius 1 is 1.00 bits per heavy atom. The fraction of sp³-hybridized carbons (Fsp3) is 0.529. The molecule has 1 heterocycles. The largest absolute Gasteiger partial charge is 0.339 e. The number of hydrogen-bond acceptors (Lipinski definition) is 3. The van der Waals surface area contributed by atoms with Crippen LogP contribution < -0.4 is 5.73 Å². The number of nitrogens with two attached hydrogens (primary N) is 1. The van der Waals surface area contributed by atoms with Crippen molar-refractivity contribution in [2.45, 2.75) is 25.3 Å². The molecule has 3 rings (SSSR count). The standard InChI is InChI=1S/C17H21F2N3O2/c18-13-2-1-3-14(19)15(13)17(24)22-8-6-21(7-9-22)16(23)11-4-5-12(20)10-11/h1-3,11-12H,4-10,20H2. The number of carbonyl (C=O) groups is 2. The topological polar surface area (TPSA) is 66.6 Å². The van der Waals surface area contributed by atoms with Gasteiger partial charge in [0, 0.05) is 38.1 Å². The molecule has 1 aliphatic carbocycles. The number of halogens is 2. The maximum Gasteiger partial charge on any atom is 0.259 e. The number of hydrogen-bond donors (Lipinski definition) is 1. The Morgan fingerprint density at radius 2 is 1.58 bits per heavy atom. The number of rotatable bonds is 2. The first-order chi connectivity index (χ1) is 11.5. The van der Waals surface area contributed by atoms with Crippen LogP contribution in [0.3, 0.4) is 0 Å². The Kier molecular flexibility index (Phi) is 4.80. The molecule has 2 unspecified atom stereocenters. The van der Waals surface area contributed by atoms with Crippen LogP contribution in [0.5, 0.6) is 0 Å². The summed E-state index contributed by atoms with van der Waals surface area (Å²) in [7, 11) is 0. The predicted molar refractivity (Wildman–Crippen MR) is 84.2 cm³/mol. The third-order valence-corrected chi connectivity index (χ3v) is 4.88. The minimum atomic E-state index is -0.863. The van der Waals surface area contributed by atoms with Gasteiger partial charge in [0.15, 0.2) is 0 Å². The molecule has 2 aliphatic rings. The van der Waals surface area contributed by atoms with Crippen LogP contribution in [-0.2, 0) is 4.79 Å². The highest BCUT2D eigenvalue weighted by molar-refractivity contribution is 5.95. The lowest BCUT2D eigenvalue weighted by molar-refractivity contribution is -0.136. The van der Waals surface area contributed by atoms with Gasteiger partial charge >= 0.3 is 0 Å². The summed E-state index contributed by atoms with van der Waals surface area (Å²) in [6.45, 7) is 1.31. The van der Waals surface area contributed by atoms with E-state index in [2.05, 4.69) is 0 Å². The summed E-state index contributed by atoms with van der Waals surface area (Å²) < 4.78 is 27.5. The molecule has 130 valence electrons. The average Bonchev–Trinajstić information content (AvgIpc) is 3.00. The van der Waals surface area contributed by atoms with Crippen molar-refractivity contribution in [1.29, 1.82) is 0 Å². The lowest BCUT2D eigenvalue weighted by atomic mass is 10.1. The zero-order valence-corrected chi connectivity index (χ0v) is 13.4. The second kappa shape index (κ2) is 6.84. The Morgan fingerprint density at radius 3 is 2.12 bits per heavy atom. The molecule has 2 N–H and O–H groups in total. The molecule has 7 heteroatoms. The summed E-state index contributed by atoms with van der Waals surface area (Å²) in [4.78, 5) is 27.9. The van der Waals surface area contributed by atoms with Gasteiger partial charge < -0.3 is 15.5 Å². The molecule has 1 aromatic rings. The van der Waals surface area contributed by atoms with Gasteiger partial charge in [-0.2, -0.15) is 0 Å². The third kappa shape index (κ3) is 3.26. The fourth-order valence-electron chi connectivity index (χ4n) is 3.49. The van der Waals surface area contributed by atoms with Gasteiger partial charge in [0.2, 0.25) is 5.91 Å². The van der Waals surface area contributed by atoms with Gasteiger partial charge in [-0.15, -0.1) is 0 Å². The highest BCUT2D eigenvalue weighted by Gasteiger charge is 2.34. The second-order valence-corrected chi connectivity index (χ2v) is 6.48. The molecule has 0 bridgehead atoms. The lowest BCUT2D eigenvalue weighted by Gasteiger charge is -2.36. The van der Waals surface area contributed by atoms with Crippen molar-refractivity contribution < 1.29 is 18.4 Å². The number of amides is 2. The van der Waals surface area contributed by atoms with Gasteiger partial charge in [0.05, 0.1) is 0 Å². The van der Waals surface area contributed by atoms with Crippen LogP contribution in [0, 0.1) is 17.6 Å². The molecule has 2 atom stereocenters. The van der Waals surface area contributed by atoms with Gasteiger partial charge in [-0.25, -0.2) is 8.78 Å². The maximum atomic E-state index is 13.7. The Labute approximate surface area is 139 Å². The smallest absolute Gasteiger partial charge is 0.259 e. The molecule has 1 aromatic carbocycles. The second-order valence-electron chi connectivity index (χ2n) is 6.48. The van der Waals surface area contributed by atoms with E-state index in [1.165, 1.54) is 11.0 Å². The Hall–Kier alpha value is -2.02. The lowest BCUT2D eigenvalue weighted by Crippen LogP contribution is -2.52. The van der Waals surface area contributed by atoms with Crippen molar-refractivity contribution in [3.63, 3.8) is 0 Å². The van der Waals surface area contributed by atoms with E-state index in [1.54, 1.807) is 4.90 Å². The van der Waals surface area contributed by atoms with Crippen molar-refractivity contribution in [3.8, 4) is 0 Å². The van der Waals surface area contributed by atoms with Crippen LogP contribution in [0.15, 0.2) is 18.2 Å². The first-order valence-corrected chi connectivity index (χ1v) is 8.25. The summed E-state index contributed by atoms with van der Waals surface area (Å²) >= 11 is 0. The van der Waals surface area contributed by atoms with E-state index in [9.17, 15) is 18.4 Å². The number of benzene rings is 1. The Bertz CT molecular complexity index is 624. The maximum absolute atomic E-state index is 13.7. The zero-order chi connectivity index (χ0) is 17.3. The molecular formula is C17H21F2N3O2. The van der Waals surface area contributed by atoms with E-state index in [0.29, 0.717) is 19.5 Å². The van der Waals surface area contributed by atoms with E-state index >= 15 is 0 Å². The van der Waals surface area contributed by atoms with Crippen LogP contribution in [0.1, 0.15) is 29.6 Å². The molecule has 2 fully saturated rings. The van der Waals surface area contributed by atoms with Crippen LogP contribution >= 0.6 is 0 Å². The summed E-state index contributed by atoms with van der Waals surface area (Å²) in [6, 6.07) is 3.45. The van der Waals surface area contributed by atoms with Crippen molar-refractivity contribution in [2.75, 3.05) is 26.2 Å². The van der Waals surface area contributed by atoms with Crippen LogP contribution in [0.2, 0.25) is 0 Å². The van der Waals surface area contributed by atoms with Crippen LogP contribution in [0.4, 0.5) is 8.78 Å². The number of nitrogens with zero attached hydrogens (tertiary/aromatic N) is 2. The molecule has 0 spiro atoms. The molecule has 0 aromatic heterocycles. The minimum absolute atomic E-state index is 0.0359. The van der Waals surface area contributed by atoms with Crippen molar-refractivity contribution in [3.05, 3.63) is 35.4 Å². The van der Waals surface area contributed by atoms with E-state index in [-0.39, 0.29) is 31.0 Å². The number of piperazine rings is 1. The van der Waals surface area contributed by atoms with Crippen LogP contribution in [0.25, 0.3) is 0 Å².